The number of hydrogen-bond acceptors (Lipinski definition) is 1. The van der Waals surface area contributed by atoms with Crippen molar-refractivity contribution in [3.63, 3.8) is 0 Å². The monoisotopic (exact) mass is 341 g/mol. The molecule has 1 nitrogen and oxygen atoms in total. The van der Waals surface area contributed by atoms with Crippen LogP contribution in [0.4, 0.5) is 4.39 Å². The van der Waals surface area contributed by atoms with Crippen LogP contribution in [0, 0.1) is 9.39 Å². The summed E-state index contributed by atoms with van der Waals surface area (Å²) in [6, 6.07) is 14.5. The number of benzene rings is 2. The SMILES string of the molecule is NC(Cc1ccc(I)cc1)c1ccccc1F. The van der Waals surface area contributed by atoms with Gasteiger partial charge >= 0.3 is 0 Å². The molecule has 2 rings (SSSR count). The van der Waals surface area contributed by atoms with E-state index in [2.05, 4.69) is 22.6 Å². The highest BCUT2D eigenvalue weighted by molar-refractivity contribution is 14.1. The quantitative estimate of drug-likeness (QED) is 0.847. The van der Waals surface area contributed by atoms with Crippen LogP contribution >= 0.6 is 22.6 Å². The van der Waals surface area contributed by atoms with Crippen molar-refractivity contribution in [2.75, 3.05) is 0 Å². The van der Waals surface area contributed by atoms with Crippen molar-refractivity contribution in [3.05, 3.63) is 69.0 Å². The van der Waals surface area contributed by atoms with Gasteiger partial charge in [-0.05, 0) is 52.8 Å². The Kier molecular flexibility index (Phi) is 4.12. The van der Waals surface area contributed by atoms with E-state index < -0.39 is 0 Å². The van der Waals surface area contributed by atoms with Gasteiger partial charge in [-0.2, -0.15) is 0 Å². The molecule has 0 aromatic heterocycles. The lowest BCUT2D eigenvalue weighted by atomic mass is 9.99. The largest absolute Gasteiger partial charge is 0.324 e. The summed E-state index contributed by atoms with van der Waals surface area (Å²) in [6.45, 7) is 0. The minimum absolute atomic E-state index is 0.231. The third-order valence-corrected chi connectivity index (χ3v) is 3.39. The summed E-state index contributed by atoms with van der Waals surface area (Å²) in [5.74, 6) is -0.231. The Bertz CT molecular complexity index is 496. The van der Waals surface area contributed by atoms with Crippen LogP contribution in [-0.4, -0.2) is 0 Å². The first-order valence-electron chi connectivity index (χ1n) is 5.41. The highest BCUT2D eigenvalue weighted by Gasteiger charge is 2.11. The topological polar surface area (TPSA) is 26.0 Å². The van der Waals surface area contributed by atoms with Crippen LogP contribution in [0.1, 0.15) is 17.2 Å². The Balaban J connectivity index is 2.14. The number of rotatable bonds is 3. The Labute approximate surface area is 114 Å². The van der Waals surface area contributed by atoms with E-state index >= 15 is 0 Å². The Morgan fingerprint density at radius 2 is 1.71 bits per heavy atom. The zero-order chi connectivity index (χ0) is 12.3. The minimum atomic E-state index is -0.295. The van der Waals surface area contributed by atoms with Crippen molar-refractivity contribution in [2.24, 2.45) is 5.73 Å². The molecule has 0 aliphatic carbocycles. The Morgan fingerprint density at radius 1 is 1.06 bits per heavy atom. The predicted molar refractivity (Wildman–Crippen MR) is 76.2 cm³/mol. The maximum atomic E-state index is 13.5. The van der Waals surface area contributed by atoms with Crippen molar-refractivity contribution in [1.82, 2.24) is 0 Å². The molecule has 2 aromatic rings. The van der Waals surface area contributed by atoms with Crippen LogP contribution in [0.2, 0.25) is 0 Å². The smallest absolute Gasteiger partial charge is 0.127 e. The van der Waals surface area contributed by atoms with Crippen LogP contribution in [-0.2, 0) is 6.42 Å². The van der Waals surface area contributed by atoms with Gasteiger partial charge in [0.05, 0.1) is 0 Å². The van der Waals surface area contributed by atoms with E-state index in [1.807, 2.05) is 30.3 Å². The van der Waals surface area contributed by atoms with Crippen molar-refractivity contribution in [3.8, 4) is 0 Å². The van der Waals surface area contributed by atoms with Crippen molar-refractivity contribution in [1.29, 1.82) is 0 Å². The molecule has 3 heteroatoms. The third-order valence-electron chi connectivity index (χ3n) is 2.67. The predicted octanol–water partition coefficient (Wildman–Crippen LogP) is 3.67. The van der Waals surface area contributed by atoms with E-state index in [1.165, 1.54) is 9.64 Å². The van der Waals surface area contributed by atoms with Crippen molar-refractivity contribution < 1.29 is 4.39 Å². The first-order valence-corrected chi connectivity index (χ1v) is 6.49. The molecule has 0 saturated carbocycles. The lowest BCUT2D eigenvalue weighted by molar-refractivity contribution is 0.580. The molecule has 1 unspecified atom stereocenters. The average molecular weight is 341 g/mol. The molecule has 0 bridgehead atoms. The maximum absolute atomic E-state index is 13.5. The highest BCUT2D eigenvalue weighted by atomic mass is 127. The van der Waals surface area contributed by atoms with Crippen LogP contribution in [0.25, 0.3) is 0 Å². The summed E-state index contributed by atoms with van der Waals surface area (Å²) in [5.41, 5.74) is 7.73. The maximum Gasteiger partial charge on any atom is 0.127 e. The second kappa shape index (κ2) is 5.60. The van der Waals surface area contributed by atoms with Gasteiger partial charge in [-0.1, -0.05) is 30.3 Å². The molecule has 0 saturated heterocycles. The lowest BCUT2D eigenvalue weighted by Gasteiger charge is -2.13. The third kappa shape index (κ3) is 3.26. The molecule has 0 radical (unpaired) electrons. The van der Waals surface area contributed by atoms with Crippen LogP contribution in [0.15, 0.2) is 48.5 Å². The van der Waals surface area contributed by atoms with Gasteiger partial charge in [0.1, 0.15) is 5.82 Å². The van der Waals surface area contributed by atoms with Crippen LogP contribution in [0.3, 0.4) is 0 Å². The van der Waals surface area contributed by atoms with E-state index in [0.29, 0.717) is 12.0 Å². The fraction of sp³-hybridized carbons (Fsp3) is 0.143. The van der Waals surface area contributed by atoms with E-state index in [1.54, 1.807) is 12.1 Å². The van der Waals surface area contributed by atoms with E-state index in [-0.39, 0.29) is 11.9 Å². The standard InChI is InChI=1S/C14H13FIN/c15-13-4-2-1-3-12(13)14(17)9-10-5-7-11(16)8-6-10/h1-8,14H,9,17H2. The molecular formula is C14H13FIN. The van der Waals surface area contributed by atoms with Gasteiger partial charge in [-0.15, -0.1) is 0 Å². The Morgan fingerprint density at radius 3 is 2.35 bits per heavy atom. The number of halogens is 2. The first-order chi connectivity index (χ1) is 8.16. The summed E-state index contributed by atoms with van der Waals surface area (Å²) >= 11 is 2.26. The lowest BCUT2D eigenvalue weighted by Crippen LogP contribution is -2.14. The zero-order valence-electron chi connectivity index (χ0n) is 9.24. The van der Waals surface area contributed by atoms with Crippen molar-refractivity contribution in [2.45, 2.75) is 12.5 Å². The molecule has 0 amide bonds. The second-order valence-electron chi connectivity index (χ2n) is 3.96. The number of hydrogen-bond donors (Lipinski definition) is 1. The zero-order valence-corrected chi connectivity index (χ0v) is 11.4. The summed E-state index contributed by atoms with van der Waals surface area (Å²) in [7, 11) is 0. The van der Waals surface area contributed by atoms with Gasteiger partial charge < -0.3 is 5.73 Å². The van der Waals surface area contributed by atoms with E-state index in [4.69, 9.17) is 5.73 Å². The molecule has 2 aromatic carbocycles. The minimum Gasteiger partial charge on any atom is -0.324 e. The van der Waals surface area contributed by atoms with Gasteiger partial charge in [0.2, 0.25) is 0 Å². The summed E-state index contributed by atoms with van der Waals surface area (Å²) in [4.78, 5) is 0. The van der Waals surface area contributed by atoms with Gasteiger partial charge in [-0.3, -0.25) is 0 Å². The summed E-state index contributed by atoms with van der Waals surface area (Å²) < 4.78 is 14.7. The van der Waals surface area contributed by atoms with Gasteiger partial charge in [-0.25, -0.2) is 4.39 Å². The van der Waals surface area contributed by atoms with Gasteiger partial charge in [0.15, 0.2) is 0 Å². The molecule has 17 heavy (non-hydrogen) atoms. The molecular weight excluding hydrogens is 328 g/mol. The normalized spacial score (nSPS) is 12.4. The van der Waals surface area contributed by atoms with Crippen LogP contribution < -0.4 is 5.73 Å². The van der Waals surface area contributed by atoms with Crippen molar-refractivity contribution >= 4 is 22.6 Å². The molecule has 88 valence electrons. The summed E-state index contributed by atoms with van der Waals surface area (Å²) in [6.07, 6.45) is 0.651. The number of nitrogens with two attached hydrogens (primary N) is 1. The van der Waals surface area contributed by atoms with Gasteiger partial charge in [0, 0.05) is 15.2 Å². The molecule has 2 N–H and O–H groups in total. The van der Waals surface area contributed by atoms with E-state index in [9.17, 15) is 4.39 Å². The molecule has 0 aliphatic heterocycles. The molecule has 1 atom stereocenters. The van der Waals surface area contributed by atoms with Gasteiger partial charge in [0.25, 0.3) is 0 Å². The van der Waals surface area contributed by atoms with Crippen LogP contribution in [0.5, 0.6) is 0 Å². The molecule has 0 spiro atoms. The average Bonchev–Trinajstić information content (AvgIpc) is 2.32. The second-order valence-corrected chi connectivity index (χ2v) is 5.20. The van der Waals surface area contributed by atoms with E-state index in [0.717, 1.165) is 5.56 Å². The fourth-order valence-corrected chi connectivity index (χ4v) is 2.12. The highest BCUT2D eigenvalue weighted by Crippen LogP contribution is 2.19. The fourth-order valence-electron chi connectivity index (χ4n) is 1.76. The molecule has 0 aliphatic rings. The molecule has 0 fully saturated rings. The first kappa shape index (κ1) is 12.5. The summed E-state index contributed by atoms with van der Waals surface area (Å²) in [5, 5.41) is 0. The Hall–Kier alpha value is -0.940. The molecule has 0 heterocycles.